The van der Waals surface area contributed by atoms with Gasteiger partial charge in [-0.05, 0) is 83.5 Å². The Morgan fingerprint density at radius 3 is 0.795 bits per heavy atom. The van der Waals surface area contributed by atoms with Crippen LogP contribution in [0.1, 0.15) is 342 Å². The van der Waals surface area contributed by atoms with Crippen molar-refractivity contribution < 1.29 is 28.6 Å². The van der Waals surface area contributed by atoms with Gasteiger partial charge in [0.15, 0.2) is 6.10 Å². The molecule has 0 aliphatic carbocycles. The van der Waals surface area contributed by atoms with E-state index in [2.05, 4.69) is 118 Å². The highest BCUT2D eigenvalue weighted by molar-refractivity contribution is 5.72. The zero-order chi connectivity index (χ0) is 59.9. The molecule has 0 N–H and O–H groups in total. The van der Waals surface area contributed by atoms with Crippen LogP contribution >= 0.6 is 0 Å². The van der Waals surface area contributed by atoms with Crippen LogP contribution in [-0.4, -0.2) is 37.2 Å². The molecule has 0 heterocycles. The van der Waals surface area contributed by atoms with Crippen molar-refractivity contribution >= 4 is 17.9 Å². The zero-order valence-corrected chi connectivity index (χ0v) is 54.7. The fourth-order valence-corrected chi connectivity index (χ4v) is 10.1. The molecule has 0 aliphatic rings. The normalized spacial score (nSPS) is 12.8. The second-order valence-electron chi connectivity index (χ2n) is 23.4. The Morgan fingerprint density at radius 1 is 0.265 bits per heavy atom. The first-order valence-electron chi connectivity index (χ1n) is 35.4. The lowest BCUT2D eigenvalue weighted by Gasteiger charge is -2.18. The molecule has 0 spiro atoms. The molecule has 0 amide bonds. The molecule has 0 fully saturated rings. The van der Waals surface area contributed by atoms with E-state index in [1.54, 1.807) is 6.08 Å². The molecule has 0 saturated heterocycles. The molecule has 6 heteroatoms. The number of esters is 3. The van der Waals surface area contributed by atoms with E-state index in [4.69, 9.17) is 14.2 Å². The van der Waals surface area contributed by atoms with Crippen LogP contribution in [0.15, 0.2) is 109 Å². The third-order valence-corrected chi connectivity index (χ3v) is 15.3. The van der Waals surface area contributed by atoms with E-state index >= 15 is 0 Å². The van der Waals surface area contributed by atoms with E-state index in [0.717, 1.165) is 96.3 Å². The fraction of sp³-hybridized carbons (Fsp3) is 0.727. The maximum atomic E-state index is 12.8. The van der Waals surface area contributed by atoms with Gasteiger partial charge in [-0.1, -0.05) is 348 Å². The number of unbranched alkanes of at least 4 members (excludes halogenated alkanes) is 36. The van der Waals surface area contributed by atoms with Gasteiger partial charge in [0.2, 0.25) is 0 Å². The third-order valence-electron chi connectivity index (χ3n) is 15.3. The minimum Gasteiger partial charge on any atom is -0.462 e. The molecule has 0 saturated carbocycles. The highest BCUT2D eigenvalue weighted by atomic mass is 16.6. The first-order chi connectivity index (χ1) is 41.0. The molecule has 476 valence electrons. The molecule has 0 aromatic heterocycles. The summed E-state index contributed by atoms with van der Waals surface area (Å²) in [7, 11) is 0. The van der Waals surface area contributed by atoms with Gasteiger partial charge in [0.25, 0.3) is 0 Å². The van der Waals surface area contributed by atoms with E-state index in [0.29, 0.717) is 12.8 Å². The molecule has 0 aliphatic heterocycles. The van der Waals surface area contributed by atoms with Crippen molar-refractivity contribution in [2.24, 2.45) is 0 Å². The molecule has 0 aromatic carbocycles. The first kappa shape index (κ1) is 79.1. The molecular formula is C77H132O6. The van der Waals surface area contributed by atoms with Crippen molar-refractivity contribution in [3.8, 4) is 0 Å². The lowest BCUT2D eigenvalue weighted by atomic mass is 10.0. The molecule has 0 radical (unpaired) electrons. The molecule has 0 bridgehead atoms. The van der Waals surface area contributed by atoms with Crippen molar-refractivity contribution in [2.75, 3.05) is 13.2 Å². The second kappa shape index (κ2) is 70.6. The second-order valence-corrected chi connectivity index (χ2v) is 23.4. The molecular weight excluding hydrogens is 1020 g/mol. The summed E-state index contributed by atoms with van der Waals surface area (Å²) in [5, 5.41) is 0. The van der Waals surface area contributed by atoms with Gasteiger partial charge >= 0.3 is 17.9 Å². The molecule has 83 heavy (non-hydrogen) atoms. The average Bonchev–Trinajstić information content (AvgIpc) is 3.50. The van der Waals surface area contributed by atoms with Crippen LogP contribution in [-0.2, 0) is 28.6 Å². The summed E-state index contributed by atoms with van der Waals surface area (Å²) >= 11 is 0. The Morgan fingerprint density at radius 2 is 0.506 bits per heavy atom. The van der Waals surface area contributed by atoms with Gasteiger partial charge in [0.1, 0.15) is 13.2 Å². The van der Waals surface area contributed by atoms with Gasteiger partial charge in [0, 0.05) is 12.8 Å². The number of rotatable bonds is 64. The van der Waals surface area contributed by atoms with Gasteiger partial charge in [-0.15, -0.1) is 0 Å². The van der Waals surface area contributed by atoms with Crippen molar-refractivity contribution in [3.63, 3.8) is 0 Å². The monoisotopic (exact) mass is 1150 g/mol. The predicted molar refractivity (Wildman–Crippen MR) is 362 cm³/mol. The molecule has 1 atom stereocenters. The number of carbonyl (C=O) groups excluding carboxylic acids is 3. The largest absolute Gasteiger partial charge is 0.462 e. The summed E-state index contributed by atoms with van der Waals surface area (Å²) in [5.74, 6) is -1.03. The minimum absolute atomic E-state index is 0.0990. The summed E-state index contributed by atoms with van der Waals surface area (Å²) in [5.41, 5.74) is 0. The summed E-state index contributed by atoms with van der Waals surface area (Å²) in [6, 6.07) is 0. The van der Waals surface area contributed by atoms with E-state index in [1.165, 1.54) is 205 Å². The van der Waals surface area contributed by atoms with E-state index in [9.17, 15) is 14.4 Å². The van der Waals surface area contributed by atoms with Crippen LogP contribution in [0.2, 0.25) is 0 Å². The number of carbonyl (C=O) groups is 3. The molecule has 6 nitrogen and oxygen atoms in total. The van der Waals surface area contributed by atoms with Gasteiger partial charge in [-0.3, -0.25) is 14.4 Å². The zero-order valence-electron chi connectivity index (χ0n) is 54.7. The van der Waals surface area contributed by atoms with Gasteiger partial charge < -0.3 is 14.2 Å². The topological polar surface area (TPSA) is 78.9 Å². The van der Waals surface area contributed by atoms with Crippen molar-refractivity contribution in [1.82, 2.24) is 0 Å². The molecule has 0 rings (SSSR count). The standard InChI is InChI=1S/C77H132O6/c1-4-7-10-13-16-19-22-25-28-29-30-31-32-33-34-35-36-37-38-39-40-41-42-43-44-45-46-47-50-52-55-58-61-64-67-70-76(79)82-73-74(83-77(80)71-68-65-62-59-56-53-49-27-24-21-18-15-12-9-6-3)72-81-75(78)69-66-63-60-57-54-51-48-26-23-20-17-14-11-8-5-2/h7,9-10,12,16,18-19,21,25,27-28,30-31,49,56,59,65,68,74H,4-6,8,11,13-15,17,20,22-24,26,29,32-48,50-55,57-58,60-64,66-67,69-73H2,1-3H3/b10-7-,12-9-,19-16-,21-18-,28-25-,31-30-,49-27-,59-56-,68-65-. The maximum absolute atomic E-state index is 12.8. The fourth-order valence-electron chi connectivity index (χ4n) is 10.1. The van der Waals surface area contributed by atoms with E-state index in [1.807, 2.05) is 6.08 Å². The van der Waals surface area contributed by atoms with Crippen molar-refractivity contribution in [2.45, 2.75) is 348 Å². The van der Waals surface area contributed by atoms with Gasteiger partial charge in [0.05, 0.1) is 6.42 Å². The van der Waals surface area contributed by atoms with Crippen LogP contribution in [0, 0.1) is 0 Å². The first-order valence-corrected chi connectivity index (χ1v) is 35.4. The Balaban J connectivity index is 4.16. The van der Waals surface area contributed by atoms with Gasteiger partial charge in [-0.2, -0.15) is 0 Å². The van der Waals surface area contributed by atoms with Crippen LogP contribution in [0.25, 0.3) is 0 Å². The summed E-state index contributed by atoms with van der Waals surface area (Å²) in [6.45, 7) is 6.37. The minimum atomic E-state index is -0.830. The Hall–Kier alpha value is -3.93. The Kier molecular flexibility index (Phi) is 67.2. The maximum Gasteiger partial charge on any atom is 0.310 e. The van der Waals surface area contributed by atoms with Crippen molar-refractivity contribution in [3.05, 3.63) is 109 Å². The number of allylic oxidation sites excluding steroid dienone is 17. The smallest absolute Gasteiger partial charge is 0.310 e. The Bertz CT molecular complexity index is 1660. The average molecular weight is 1150 g/mol. The summed E-state index contributed by atoms with van der Waals surface area (Å²) < 4.78 is 16.8. The van der Waals surface area contributed by atoms with Crippen LogP contribution in [0.3, 0.4) is 0 Å². The third kappa shape index (κ3) is 68.7. The van der Waals surface area contributed by atoms with E-state index < -0.39 is 12.1 Å². The summed E-state index contributed by atoms with van der Waals surface area (Å²) in [6.07, 6.45) is 97.4. The lowest BCUT2D eigenvalue weighted by molar-refractivity contribution is -0.166. The Labute approximate surface area is 514 Å². The number of ether oxygens (including phenoxy) is 3. The highest BCUT2D eigenvalue weighted by Gasteiger charge is 2.19. The number of hydrogen-bond acceptors (Lipinski definition) is 6. The summed E-state index contributed by atoms with van der Waals surface area (Å²) in [4.78, 5) is 38.3. The van der Waals surface area contributed by atoms with Crippen LogP contribution in [0.5, 0.6) is 0 Å². The van der Waals surface area contributed by atoms with Crippen molar-refractivity contribution in [1.29, 1.82) is 0 Å². The van der Waals surface area contributed by atoms with Gasteiger partial charge in [-0.25, -0.2) is 0 Å². The van der Waals surface area contributed by atoms with Crippen LogP contribution < -0.4 is 0 Å². The SMILES string of the molecule is CC/C=C\C/C=C\C/C=C\C/C=C\C/C=C\CC(=O)OC(COC(=O)CCCCCCCCCCCCCCCCC)COC(=O)CCCCCCCCCCCCCCCCCCCCCCCC/C=C\C/C=C\C/C=C\C/C=C\CC. The molecule has 0 aromatic rings. The predicted octanol–water partition coefficient (Wildman–Crippen LogP) is 24.6. The molecule has 1 unspecified atom stereocenters. The number of hydrogen-bond donors (Lipinski definition) is 0. The van der Waals surface area contributed by atoms with E-state index in [-0.39, 0.29) is 31.6 Å². The van der Waals surface area contributed by atoms with Crippen LogP contribution in [0.4, 0.5) is 0 Å². The lowest BCUT2D eigenvalue weighted by Crippen LogP contribution is -2.30. The highest BCUT2D eigenvalue weighted by Crippen LogP contribution is 2.18. The quantitative estimate of drug-likeness (QED) is 0.0261.